The van der Waals surface area contributed by atoms with Crippen molar-refractivity contribution in [3.8, 4) is 5.88 Å². The third-order valence-corrected chi connectivity index (χ3v) is 2.82. The normalized spacial score (nSPS) is 21.1. The third kappa shape index (κ3) is 1.74. The van der Waals surface area contributed by atoms with Crippen LogP contribution in [0, 0.1) is 0 Å². The van der Waals surface area contributed by atoms with Crippen molar-refractivity contribution in [2.75, 3.05) is 13.1 Å². The van der Waals surface area contributed by atoms with E-state index in [4.69, 9.17) is 4.74 Å². The van der Waals surface area contributed by atoms with E-state index in [2.05, 4.69) is 15.4 Å². The average molecular weight is 218 g/mol. The van der Waals surface area contributed by atoms with Gasteiger partial charge in [-0.05, 0) is 25.5 Å². The predicted octanol–water partition coefficient (Wildman–Crippen LogP) is 0.860. The lowest BCUT2D eigenvalue weighted by molar-refractivity contribution is 0.162. The largest absolute Gasteiger partial charge is 0.471 e. The van der Waals surface area contributed by atoms with Crippen LogP contribution in [0.2, 0.25) is 0 Å². The van der Waals surface area contributed by atoms with Crippen molar-refractivity contribution in [2.24, 2.45) is 0 Å². The van der Waals surface area contributed by atoms with Gasteiger partial charge >= 0.3 is 0 Å². The van der Waals surface area contributed by atoms with Crippen molar-refractivity contribution in [1.82, 2.24) is 19.9 Å². The number of ether oxygens (including phenoxy) is 1. The summed E-state index contributed by atoms with van der Waals surface area (Å²) in [4.78, 5) is 4.26. The van der Waals surface area contributed by atoms with Crippen LogP contribution in [-0.2, 0) is 0 Å². The summed E-state index contributed by atoms with van der Waals surface area (Å²) < 4.78 is 7.67. The predicted molar refractivity (Wildman–Crippen MR) is 59.5 cm³/mol. The number of rotatable bonds is 2. The molecule has 0 amide bonds. The molecule has 1 unspecified atom stereocenters. The van der Waals surface area contributed by atoms with Crippen LogP contribution >= 0.6 is 0 Å². The molecule has 0 aromatic carbocycles. The second-order valence-corrected chi connectivity index (χ2v) is 3.98. The summed E-state index contributed by atoms with van der Waals surface area (Å²) in [6, 6.07) is 1.92. The van der Waals surface area contributed by atoms with Crippen molar-refractivity contribution < 1.29 is 4.74 Å². The summed E-state index contributed by atoms with van der Waals surface area (Å²) in [6.07, 6.45) is 7.76. The van der Waals surface area contributed by atoms with Gasteiger partial charge < -0.3 is 10.1 Å². The number of fused-ring (bicyclic) bond motifs is 1. The maximum atomic E-state index is 5.89. The van der Waals surface area contributed by atoms with E-state index in [-0.39, 0.29) is 6.10 Å². The molecule has 1 N–H and O–H groups in total. The maximum Gasteiger partial charge on any atom is 0.240 e. The van der Waals surface area contributed by atoms with Crippen LogP contribution in [0.4, 0.5) is 0 Å². The van der Waals surface area contributed by atoms with Gasteiger partial charge in [-0.15, -0.1) is 0 Å². The number of hydrogen-bond donors (Lipinski definition) is 1. The number of piperidine rings is 1. The number of nitrogens with one attached hydrogen (secondary N) is 1. The smallest absolute Gasteiger partial charge is 0.240 e. The lowest BCUT2D eigenvalue weighted by atomic mass is 10.1. The van der Waals surface area contributed by atoms with E-state index in [1.54, 1.807) is 16.9 Å². The zero-order chi connectivity index (χ0) is 10.8. The van der Waals surface area contributed by atoms with Gasteiger partial charge in [0.05, 0.1) is 6.20 Å². The summed E-state index contributed by atoms with van der Waals surface area (Å²) in [5.41, 5.74) is 0.924. The highest BCUT2D eigenvalue weighted by atomic mass is 16.5. The molecule has 2 aromatic rings. The van der Waals surface area contributed by atoms with Gasteiger partial charge in [0.2, 0.25) is 5.88 Å². The second kappa shape index (κ2) is 4.09. The molecule has 2 aromatic heterocycles. The Morgan fingerprint density at radius 3 is 3.31 bits per heavy atom. The van der Waals surface area contributed by atoms with E-state index < -0.39 is 0 Å². The van der Waals surface area contributed by atoms with Crippen LogP contribution in [0.15, 0.2) is 24.7 Å². The number of aromatic nitrogens is 3. The molecule has 0 radical (unpaired) electrons. The van der Waals surface area contributed by atoms with Gasteiger partial charge in [-0.25, -0.2) is 9.50 Å². The molecule has 3 rings (SSSR count). The quantitative estimate of drug-likeness (QED) is 0.812. The van der Waals surface area contributed by atoms with E-state index >= 15 is 0 Å². The molecule has 1 aliphatic heterocycles. The van der Waals surface area contributed by atoms with Gasteiger partial charge in [0.1, 0.15) is 11.6 Å². The van der Waals surface area contributed by atoms with Crippen molar-refractivity contribution in [1.29, 1.82) is 0 Å². The minimum atomic E-state index is 0.224. The van der Waals surface area contributed by atoms with Crippen LogP contribution in [0.3, 0.4) is 0 Å². The molecule has 1 aliphatic rings. The Morgan fingerprint density at radius 2 is 2.44 bits per heavy atom. The first-order valence-electron chi connectivity index (χ1n) is 5.59. The molecule has 5 heteroatoms. The van der Waals surface area contributed by atoms with Gasteiger partial charge in [0.15, 0.2) is 0 Å². The summed E-state index contributed by atoms with van der Waals surface area (Å²) in [7, 11) is 0. The topological polar surface area (TPSA) is 51.5 Å². The Bertz CT molecular complexity index is 476. The highest BCUT2D eigenvalue weighted by Gasteiger charge is 2.16. The van der Waals surface area contributed by atoms with Crippen molar-refractivity contribution in [3.05, 3.63) is 24.7 Å². The number of hydrogen-bond acceptors (Lipinski definition) is 4. The minimum absolute atomic E-state index is 0.224. The Morgan fingerprint density at radius 1 is 1.44 bits per heavy atom. The van der Waals surface area contributed by atoms with Gasteiger partial charge in [-0.2, -0.15) is 5.10 Å². The SMILES string of the molecule is c1cn2nccc2c(OC2CCCNC2)n1. The lowest BCUT2D eigenvalue weighted by Gasteiger charge is -2.23. The van der Waals surface area contributed by atoms with Crippen molar-refractivity contribution in [3.63, 3.8) is 0 Å². The fraction of sp³-hybridized carbons (Fsp3) is 0.455. The fourth-order valence-electron chi connectivity index (χ4n) is 2.00. The summed E-state index contributed by atoms with van der Waals surface area (Å²) in [6.45, 7) is 1.99. The molecule has 0 bridgehead atoms. The van der Waals surface area contributed by atoms with Crippen molar-refractivity contribution >= 4 is 5.52 Å². The molecule has 0 aliphatic carbocycles. The molecular formula is C11H14N4O. The zero-order valence-electron chi connectivity index (χ0n) is 8.97. The minimum Gasteiger partial charge on any atom is -0.471 e. The van der Waals surface area contributed by atoms with E-state index in [9.17, 15) is 0 Å². The lowest BCUT2D eigenvalue weighted by Crippen LogP contribution is -2.37. The highest BCUT2D eigenvalue weighted by molar-refractivity contribution is 5.54. The molecule has 1 saturated heterocycles. The van der Waals surface area contributed by atoms with Crippen LogP contribution in [0.25, 0.3) is 5.52 Å². The van der Waals surface area contributed by atoms with Gasteiger partial charge in [-0.3, -0.25) is 0 Å². The van der Waals surface area contributed by atoms with E-state index in [0.717, 1.165) is 31.4 Å². The molecule has 1 atom stereocenters. The Labute approximate surface area is 93.4 Å². The molecular weight excluding hydrogens is 204 g/mol. The first-order chi connectivity index (χ1) is 7.93. The molecule has 16 heavy (non-hydrogen) atoms. The maximum absolute atomic E-state index is 5.89. The summed E-state index contributed by atoms with van der Waals surface area (Å²) >= 11 is 0. The highest BCUT2D eigenvalue weighted by Crippen LogP contribution is 2.18. The first-order valence-corrected chi connectivity index (χ1v) is 5.59. The van der Waals surface area contributed by atoms with Gasteiger partial charge in [0, 0.05) is 18.9 Å². The Kier molecular flexibility index (Phi) is 2.46. The molecule has 0 saturated carbocycles. The molecule has 84 valence electrons. The molecule has 5 nitrogen and oxygen atoms in total. The first kappa shape index (κ1) is 9.59. The summed E-state index contributed by atoms with van der Waals surface area (Å²) in [5.74, 6) is 0.675. The fourth-order valence-corrected chi connectivity index (χ4v) is 2.00. The monoisotopic (exact) mass is 218 g/mol. The van der Waals surface area contributed by atoms with Crippen LogP contribution in [0.1, 0.15) is 12.8 Å². The molecule has 1 fully saturated rings. The molecule has 0 spiro atoms. The molecule has 3 heterocycles. The van der Waals surface area contributed by atoms with Crippen LogP contribution < -0.4 is 10.1 Å². The van der Waals surface area contributed by atoms with Crippen LogP contribution in [0.5, 0.6) is 5.88 Å². The Balaban J connectivity index is 1.85. The second-order valence-electron chi connectivity index (χ2n) is 3.98. The average Bonchev–Trinajstić information content (AvgIpc) is 2.80. The zero-order valence-corrected chi connectivity index (χ0v) is 8.97. The third-order valence-electron chi connectivity index (χ3n) is 2.82. The standard InChI is InChI=1S/C11H14N4O/c1-2-9(8-12-4-1)16-11-10-3-5-14-15(10)7-6-13-11/h3,5-7,9,12H,1-2,4,8H2. The van der Waals surface area contributed by atoms with E-state index in [1.807, 2.05) is 12.3 Å². The van der Waals surface area contributed by atoms with Gasteiger partial charge in [-0.1, -0.05) is 0 Å². The van der Waals surface area contributed by atoms with E-state index in [1.165, 1.54) is 0 Å². The number of nitrogens with zero attached hydrogens (tertiary/aromatic N) is 3. The van der Waals surface area contributed by atoms with Crippen molar-refractivity contribution in [2.45, 2.75) is 18.9 Å². The van der Waals surface area contributed by atoms with Gasteiger partial charge in [0.25, 0.3) is 0 Å². The summed E-state index contributed by atoms with van der Waals surface area (Å²) in [5, 5.41) is 7.48. The van der Waals surface area contributed by atoms with E-state index in [0.29, 0.717) is 5.88 Å². The van der Waals surface area contributed by atoms with Crippen LogP contribution in [-0.4, -0.2) is 33.8 Å². The Hall–Kier alpha value is -1.62.